The van der Waals surface area contributed by atoms with Crippen LogP contribution in [0, 0.1) is 0 Å². The Morgan fingerprint density at radius 2 is 2.05 bits per heavy atom. The average molecular weight is 325 g/mol. The van der Waals surface area contributed by atoms with Gasteiger partial charge in [0.15, 0.2) is 5.11 Å². The van der Waals surface area contributed by atoms with Gasteiger partial charge in [-0.05, 0) is 44.6 Å². The maximum atomic E-state index is 12.4. The van der Waals surface area contributed by atoms with Gasteiger partial charge >= 0.3 is 5.97 Å². The van der Waals surface area contributed by atoms with Crippen LogP contribution in [0.15, 0.2) is 35.5 Å². The van der Waals surface area contributed by atoms with Crippen molar-refractivity contribution in [3.63, 3.8) is 0 Å². The highest BCUT2D eigenvalue weighted by atomic mass is 35.5. The number of halogens is 1. The fourth-order valence-electron chi connectivity index (χ4n) is 2.18. The van der Waals surface area contributed by atoms with E-state index in [0.717, 1.165) is 5.56 Å². The zero-order chi connectivity index (χ0) is 15.6. The number of nitrogens with one attached hydrogen (secondary N) is 2. The van der Waals surface area contributed by atoms with E-state index in [4.69, 9.17) is 28.6 Å². The molecule has 1 unspecified atom stereocenters. The van der Waals surface area contributed by atoms with E-state index in [9.17, 15) is 4.79 Å². The smallest absolute Gasteiger partial charge is 0.338 e. The highest BCUT2D eigenvalue weighted by Crippen LogP contribution is 2.32. The van der Waals surface area contributed by atoms with E-state index in [1.54, 1.807) is 13.0 Å². The number of hydrogen-bond acceptors (Lipinski definition) is 3. The standard InChI is InChI=1S/C15H17ClN2O2S/c1-8(2)20-14(19)12-9(3)17-15(21)18-13(12)10-6-4-5-7-11(10)16/h4-8,13H,1-3H3,(H2,17,18,21). The lowest BCUT2D eigenvalue weighted by Crippen LogP contribution is -2.45. The minimum atomic E-state index is -0.418. The van der Waals surface area contributed by atoms with Crippen molar-refractivity contribution in [3.8, 4) is 0 Å². The molecule has 112 valence electrons. The van der Waals surface area contributed by atoms with E-state index in [0.29, 0.717) is 21.4 Å². The molecule has 1 aromatic carbocycles. The quantitative estimate of drug-likeness (QED) is 0.661. The predicted octanol–water partition coefficient (Wildman–Crippen LogP) is 3.08. The summed E-state index contributed by atoms with van der Waals surface area (Å²) in [7, 11) is 0. The van der Waals surface area contributed by atoms with Gasteiger partial charge in [-0.15, -0.1) is 0 Å². The maximum absolute atomic E-state index is 12.4. The molecule has 1 aromatic rings. The second-order valence-corrected chi connectivity index (χ2v) is 5.86. The summed E-state index contributed by atoms with van der Waals surface area (Å²) in [5.41, 5.74) is 1.96. The van der Waals surface area contributed by atoms with Crippen LogP contribution < -0.4 is 10.6 Å². The summed E-state index contributed by atoms with van der Waals surface area (Å²) < 4.78 is 5.32. The third-order valence-electron chi connectivity index (χ3n) is 3.05. The van der Waals surface area contributed by atoms with Gasteiger partial charge in [0.25, 0.3) is 0 Å². The number of allylic oxidation sites excluding steroid dienone is 1. The Morgan fingerprint density at radius 3 is 2.67 bits per heavy atom. The summed E-state index contributed by atoms with van der Waals surface area (Å²) in [6, 6.07) is 6.94. The summed E-state index contributed by atoms with van der Waals surface area (Å²) in [5, 5.41) is 7.07. The largest absolute Gasteiger partial charge is 0.459 e. The number of thiocarbonyl (C=S) groups is 1. The van der Waals surface area contributed by atoms with E-state index < -0.39 is 6.04 Å². The number of rotatable bonds is 3. The maximum Gasteiger partial charge on any atom is 0.338 e. The summed E-state index contributed by atoms with van der Waals surface area (Å²) in [6.07, 6.45) is -0.196. The van der Waals surface area contributed by atoms with Gasteiger partial charge in [0.05, 0.1) is 17.7 Å². The van der Waals surface area contributed by atoms with Crippen LogP contribution in [0.2, 0.25) is 5.02 Å². The fourth-order valence-corrected chi connectivity index (χ4v) is 2.70. The van der Waals surface area contributed by atoms with Gasteiger partial charge in [0, 0.05) is 10.7 Å². The monoisotopic (exact) mass is 324 g/mol. The third kappa shape index (κ3) is 3.54. The molecule has 1 aliphatic heterocycles. The van der Waals surface area contributed by atoms with Gasteiger partial charge < -0.3 is 15.4 Å². The number of hydrogen-bond donors (Lipinski definition) is 2. The van der Waals surface area contributed by atoms with Crippen LogP contribution in [-0.2, 0) is 9.53 Å². The second kappa shape index (κ2) is 6.45. The molecule has 2 N–H and O–H groups in total. The SMILES string of the molecule is CC1=C(C(=O)OC(C)C)C(c2ccccc2Cl)NC(=S)N1. The summed E-state index contributed by atoms with van der Waals surface area (Å²) in [5.74, 6) is -0.380. The predicted molar refractivity (Wildman–Crippen MR) is 87.0 cm³/mol. The van der Waals surface area contributed by atoms with E-state index >= 15 is 0 Å². The molecule has 0 bridgehead atoms. The molecule has 0 spiro atoms. The number of carbonyl (C=O) groups excluding carboxylic acids is 1. The van der Waals surface area contributed by atoms with Crippen LogP contribution in [0.4, 0.5) is 0 Å². The molecule has 1 atom stereocenters. The Bertz CT molecular complexity index is 613. The Morgan fingerprint density at radius 1 is 1.38 bits per heavy atom. The molecule has 6 heteroatoms. The zero-order valence-corrected chi connectivity index (χ0v) is 13.6. The zero-order valence-electron chi connectivity index (χ0n) is 12.1. The van der Waals surface area contributed by atoms with Crippen molar-refractivity contribution in [2.45, 2.75) is 32.9 Å². The molecule has 0 fully saturated rings. The number of carbonyl (C=O) groups is 1. The van der Waals surface area contributed by atoms with Crippen molar-refractivity contribution in [2.24, 2.45) is 0 Å². The van der Waals surface area contributed by atoms with E-state index in [1.165, 1.54) is 0 Å². The molecule has 1 aliphatic rings. The van der Waals surface area contributed by atoms with Crippen LogP contribution in [0.1, 0.15) is 32.4 Å². The van der Waals surface area contributed by atoms with Crippen molar-refractivity contribution in [2.75, 3.05) is 0 Å². The normalized spacial score (nSPS) is 18.3. The Labute approximate surface area is 134 Å². The molecule has 0 aromatic heterocycles. The minimum absolute atomic E-state index is 0.196. The molecule has 1 heterocycles. The van der Waals surface area contributed by atoms with E-state index in [1.807, 2.05) is 32.0 Å². The highest BCUT2D eigenvalue weighted by molar-refractivity contribution is 7.80. The number of ether oxygens (including phenoxy) is 1. The first-order valence-corrected chi connectivity index (χ1v) is 7.42. The molecule has 0 aliphatic carbocycles. The minimum Gasteiger partial charge on any atom is -0.459 e. The van der Waals surface area contributed by atoms with Crippen LogP contribution in [-0.4, -0.2) is 17.2 Å². The molecule has 0 radical (unpaired) electrons. The molecule has 0 amide bonds. The fraction of sp³-hybridized carbons (Fsp3) is 0.333. The highest BCUT2D eigenvalue weighted by Gasteiger charge is 2.32. The summed E-state index contributed by atoms with van der Waals surface area (Å²) in [6.45, 7) is 5.42. The van der Waals surface area contributed by atoms with E-state index in [2.05, 4.69) is 10.6 Å². The van der Waals surface area contributed by atoms with Crippen molar-refractivity contribution >= 4 is 34.9 Å². The van der Waals surface area contributed by atoms with Crippen LogP contribution in [0.3, 0.4) is 0 Å². The van der Waals surface area contributed by atoms with Crippen molar-refractivity contribution < 1.29 is 9.53 Å². The lowest BCUT2D eigenvalue weighted by Gasteiger charge is -2.30. The topological polar surface area (TPSA) is 50.4 Å². The Hall–Kier alpha value is -1.59. The lowest BCUT2D eigenvalue weighted by atomic mass is 9.95. The second-order valence-electron chi connectivity index (χ2n) is 5.05. The molecule has 0 saturated carbocycles. The number of benzene rings is 1. The third-order valence-corrected chi connectivity index (χ3v) is 3.61. The van der Waals surface area contributed by atoms with Gasteiger partial charge in [0.2, 0.25) is 0 Å². The molecular formula is C15H17ClN2O2S. The molecule has 0 saturated heterocycles. The summed E-state index contributed by atoms with van der Waals surface area (Å²) in [4.78, 5) is 12.4. The molecule has 2 rings (SSSR count). The first-order chi connectivity index (χ1) is 9.90. The molecular weight excluding hydrogens is 308 g/mol. The van der Waals surface area contributed by atoms with Gasteiger partial charge in [-0.2, -0.15) is 0 Å². The van der Waals surface area contributed by atoms with Gasteiger partial charge in [-0.1, -0.05) is 29.8 Å². The average Bonchev–Trinajstić information content (AvgIpc) is 2.37. The van der Waals surface area contributed by atoms with Gasteiger partial charge in [0.1, 0.15) is 0 Å². The lowest BCUT2D eigenvalue weighted by molar-refractivity contribution is -0.143. The van der Waals surface area contributed by atoms with Crippen molar-refractivity contribution in [3.05, 3.63) is 46.1 Å². The van der Waals surface area contributed by atoms with Crippen LogP contribution >= 0.6 is 23.8 Å². The molecule has 4 nitrogen and oxygen atoms in total. The van der Waals surface area contributed by atoms with Crippen molar-refractivity contribution in [1.82, 2.24) is 10.6 Å². The summed E-state index contributed by atoms with van der Waals surface area (Å²) >= 11 is 11.4. The van der Waals surface area contributed by atoms with Gasteiger partial charge in [-0.25, -0.2) is 4.79 Å². The van der Waals surface area contributed by atoms with Crippen LogP contribution in [0.25, 0.3) is 0 Å². The first kappa shape index (κ1) is 15.8. The number of esters is 1. The van der Waals surface area contributed by atoms with Crippen LogP contribution in [0.5, 0.6) is 0 Å². The van der Waals surface area contributed by atoms with Gasteiger partial charge in [-0.3, -0.25) is 0 Å². The first-order valence-electron chi connectivity index (χ1n) is 6.64. The van der Waals surface area contributed by atoms with E-state index in [-0.39, 0.29) is 12.1 Å². The Balaban J connectivity index is 2.46. The van der Waals surface area contributed by atoms with Crippen molar-refractivity contribution in [1.29, 1.82) is 0 Å². The Kier molecular flexibility index (Phi) is 4.85. The molecule has 21 heavy (non-hydrogen) atoms.